The zero-order valence-electron chi connectivity index (χ0n) is 8.17. The van der Waals surface area contributed by atoms with Gasteiger partial charge in [0, 0.05) is 0 Å². The molecule has 0 bridgehead atoms. The molecule has 0 N–H and O–H groups in total. The molecule has 0 amide bonds. The van der Waals surface area contributed by atoms with Crippen molar-refractivity contribution in [3.8, 4) is 0 Å². The molecule has 0 fully saturated rings. The quantitative estimate of drug-likeness (QED) is 0.364. The van der Waals surface area contributed by atoms with Crippen molar-refractivity contribution < 1.29 is 23.1 Å². The maximum atomic E-state index is 2.00. The predicted octanol–water partition coefficient (Wildman–Crippen LogP) is -1.35. The Labute approximate surface area is 82.5 Å². The van der Waals surface area contributed by atoms with Crippen molar-refractivity contribution in [3.05, 3.63) is 36.4 Å². The van der Waals surface area contributed by atoms with E-state index in [4.69, 9.17) is 0 Å². The molecule has 0 atom stereocenters. The fourth-order valence-electron chi connectivity index (χ4n) is 0.385. The Hall–Kier alpha value is 0.584. The van der Waals surface area contributed by atoms with Crippen LogP contribution < -0.4 is 18.9 Å². The van der Waals surface area contributed by atoms with Crippen molar-refractivity contribution in [2.45, 2.75) is 0 Å². The third-order valence-corrected chi connectivity index (χ3v) is 0.667. The minimum absolute atomic E-state index is 0. The Morgan fingerprint density at radius 3 is 0.875 bits per heavy atom. The van der Waals surface area contributed by atoms with Crippen molar-refractivity contribution >= 4 is 23.1 Å². The summed E-state index contributed by atoms with van der Waals surface area (Å²) >= 11 is 0. The minimum Gasteiger partial charge on any atom is -1.00 e. The molecule has 0 radical (unpaired) electrons. The van der Waals surface area contributed by atoms with Gasteiger partial charge in [-0.05, 0) is 0 Å². The molecule has 0 nitrogen and oxygen atoms in total. The van der Waals surface area contributed by atoms with E-state index < -0.39 is 0 Å². The molecular formula is C6H9LiMg. The van der Waals surface area contributed by atoms with E-state index in [2.05, 4.69) is 0 Å². The first-order chi connectivity index (χ1) is 3.00. The Morgan fingerprint density at radius 1 is 0.625 bits per heavy atom. The van der Waals surface area contributed by atoms with Gasteiger partial charge in [0.25, 0.3) is 0 Å². The van der Waals surface area contributed by atoms with Crippen LogP contribution in [-0.4, -0.2) is 23.1 Å². The van der Waals surface area contributed by atoms with E-state index in [1.807, 2.05) is 36.4 Å². The van der Waals surface area contributed by atoms with Crippen molar-refractivity contribution in [1.29, 1.82) is 0 Å². The Balaban J connectivity index is -0.0000000240. The number of benzene rings is 1. The molecule has 1 aromatic rings. The van der Waals surface area contributed by atoms with E-state index in [1.165, 1.54) is 0 Å². The molecule has 36 valence electrons. The van der Waals surface area contributed by atoms with Gasteiger partial charge in [0.2, 0.25) is 0 Å². The molecule has 0 spiro atoms. The van der Waals surface area contributed by atoms with E-state index in [9.17, 15) is 0 Å². The molecule has 0 aliphatic carbocycles. The molecular weight excluding hydrogens is 103 g/mol. The molecule has 8 heavy (non-hydrogen) atoms. The molecule has 0 aliphatic rings. The van der Waals surface area contributed by atoms with Crippen molar-refractivity contribution in [2.75, 3.05) is 0 Å². The van der Waals surface area contributed by atoms with Gasteiger partial charge in [-0.3, -0.25) is 0 Å². The van der Waals surface area contributed by atoms with Gasteiger partial charge in [-0.25, -0.2) is 0 Å². The summed E-state index contributed by atoms with van der Waals surface area (Å²) < 4.78 is 0. The van der Waals surface area contributed by atoms with Crippen LogP contribution in [-0.2, 0) is 0 Å². The summed E-state index contributed by atoms with van der Waals surface area (Å²) in [6.07, 6.45) is 0. The second kappa shape index (κ2) is 7.58. The van der Waals surface area contributed by atoms with Crippen LogP contribution in [0.3, 0.4) is 0 Å². The third kappa shape index (κ3) is 4.74. The van der Waals surface area contributed by atoms with Crippen LogP contribution in [0.15, 0.2) is 36.4 Å². The zero-order chi connectivity index (χ0) is 4.24. The van der Waals surface area contributed by atoms with Gasteiger partial charge < -0.3 is 4.28 Å². The van der Waals surface area contributed by atoms with Crippen LogP contribution >= 0.6 is 0 Å². The molecule has 0 saturated carbocycles. The van der Waals surface area contributed by atoms with Gasteiger partial charge in [-0.15, -0.1) is 0 Å². The molecule has 0 heterocycles. The predicted molar refractivity (Wildman–Crippen MR) is 35.5 cm³/mol. The molecule has 0 aromatic heterocycles. The standard InChI is InChI=1S/C6H6.Li.Mg.3H/c1-2-4-6-5-3-1;;;;;/h1-6H;;;;;/q;+1;+2;3*-1. The average Bonchev–Trinajstić information content (AvgIpc) is 1.72. The summed E-state index contributed by atoms with van der Waals surface area (Å²) in [7, 11) is 0. The summed E-state index contributed by atoms with van der Waals surface area (Å²) in [6, 6.07) is 12.0. The first-order valence-corrected chi connectivity index (χ1v) is 2.00. The van der Waals surface area contributed by atoms with Crippen LogP contribution in [0.4, 0.5) is 0 Å². The van der Waals surface area contributed by atoms with Crippen LogP contribution in [0.1, 0.15) is 4.28 Å². The zero-order valence-corrected chi connectivity index (χ0v) is 6.59. The normalized spacial score (nSPS) is 6.00. The summed E-state index contributed by atoms with van der Waals surface area (Å²) in [5.41, 5.74) is 0. The Kier molecular flexibility index (Phi) is 10.8. The fraction of sp³-hybridized carbons (Fsp3) is 0. The number of hydrogen-bond acceptors (Lipinski definition) is 0. The Morgan fingerprint density at radius 2 is 0.750 bits per heavy atom. The van der Waals surface area contributed by atoms with Gasteiger partial charge in [-0.1, -0.05) is 36.4 Å². The molecule has 0 aliphatic heterocycles. The van der Waals surface area contributed by atoms with Crippen LogP contribution in [0, 0.1) is 0 Å². The molecule has 0 unspecified atom stereocenters. The van der Waals surface area contributed by atoms with E-state index in [-0.39, 0.29) is 46.2 Å². The van der Waals surface area contributed by atoms with Crippen LogP contribution in [0.25, 0.3) is 0 Å². The first-order valence-electron chi connectivity index (χ1n) is 2.00. The van der Waals surface area contributed by atoms with Gasteiger partial charge in [0.15, 0.2) is 0 Å². The van der Waals surface area contributed by atoms with Gasteiger partial charge in [-0.2, -0.15) is 0 Å². The largest absolute Gasteiger partial charge is 2.00 e. The topological polar surface area (TPSA) is 0 Å². The molecule has 2 heteroatoms. The van der Waals surface area contributed by atoms with Crippen molar-refractivity contribution in [2.24, 2.45) is 0 Å². The smallest absolute Gasteiger partial charge is 1.00 e. The maximum absolute atomic E-state index is 2.00. The molecule has 0 saturated heterocycles. The second-order valence-corrected chi connectivity index (χ2v) is 1.15. The second-order valence-electron chi connectivity index (χ2n) is 1.15. The Bertz CT molecular complexity index is 89.8. The van der Waals surface area contributed by atoms with Gasteiger partial charge in [0.05, 0.1) is 0 Å². The van der Waals surface area contributed by atoms with Crippen molar-refractivity contribution in [3.63, 3.8) is 0 Å². The summed E-state index contributed by atoms with van der Waals surface area (Å²) in [6.45, 7) is 0. The number of hydrogen-bond donors (Lipinski definition) is 0. The third-order valence-electron chi connectivity index (χ3n) is 0.667. The summed E-state index contributed by atoms with van der Waals surface area (Å²) in [4.78, 5) is 0. The number of rotatable bonds is 0. The van der Waals surface area contributed by atoms with Crippen molar-refractivity contribution in [1.82, 2.24) is 0 Å². The van der Waals surface area contributed by atoms with Crippen LogP contribution in [0.5, 0.6) is 0 Å². The fourth-order valence-corrected chi connectivity index (χ4v) is 0.385. The molecule has 1 aromatic carbocycles. The first kappa shape index (κ1) is 11.4. The van der Waals surface area contributed by atoms with Crippen LogP contribution in [0.2, 0.25) is 0 Å². The maximum Gasteiger partial charge on any atom is 2.00 e. The summed E-state index contributed by atoms with van der Waals surface area (Å²) in [5, 5.41) is 0. The SMILES string of the molecule is [H-].[H-].[H-].[Li+].[Mg+2].c1ccccc1. The van der Waals surface area contributed by atoms with E-state index in [0.717, 1.165) is 0 Å². The summed E-state index contributed by atoms with van der Waals surface area (Å²) in [5.74, 6) is 0. The minimum atomic E-state index is 0. The molecule has 1 rings (SSSR count). The van der Waals surface area contributed by atoms with E-state index in [1.54, 1.807) is 0 Å². The van der Waals surface area contributed by atoms with E-state index in [0.29, 0.717) is 0 Å². The van der Waals surface area contributed by atoms with Gasteiger partial charge >= 0.3 is 41.9 Å². The monoisotopic (exact) mass is 112 g/mol. The average molecular weight is 112 g/mol. The van der Waals surface area contributed by atoms with Gasteiger partial charge in [0.1, 0.15) is 0 Å². The van der Waals surface area contributed by atoms with E-state index >= 15 is 0 Å².